The van der Waals surface area contributed by atoms with E-state index in [9.17, 15) is 0 Å². The molecular weight excluding hydrogens is 414 g/mol. The molecule has 0 saturated carbocycles. The van der Waals surface area contributed by atoms with Crippen molar-refractivity contribution < 1.29 is 24.7 Å². The fourth-order valence-corrected chi connectivity index (χ4v) is 4.74. The van der Waals surface area contributed by atoms with Crippen molar-refractivity contribution in [3.05, 3.63) is 98.4 Å². The molecule has 0 heterocycles. The Hall–Kier alpha value is -0.877. The first-order valence-corrected chi connectivity index (χ1v) is 8.97. The standard InChI is InChI=1S/C21H17.2ClH.Zr/c1-2-8-17(9-3-1)16-21(19-11-5-6-12-19)15-14-18-10-4-7-13-20(18)21;;;/h1-5,7-11,13-15H,6,16H2;2*1H;. The second-order valence-corrected chi connectivity index (χ2v) is 7.54. The van der Waals surface area contributed by atoms with Crippen molar-refractivity contribution in [3.8, 4) is 0 Å². The van der Waals surface area contributed by atoms with Gasteiger partial charge in [-0.05, 0) is 0 Å². The van der Waals surface area contributed by atoms with Gasteiger partial charge in [-0.2, -0.15) is 0 Å². The monoisotopic (exact) mass is 431 g/mol. The summed E-state index contributed by atoms with van der Waals surface area (Å²) in [6.45, 7) is 0. The zero-order valence-corrected chi connectivity index (χ0v) is 17.3. The first-order chi connectivity index (χ1) is 10.8. The van der Waals surface area contributed by atoms with Crippen LogP contribution in [0.15, 0.2) is 81.7 Å². The molecule has 0 amide bonds. The maximum absolute atomic E-state index is 2.43. The minimum absolute atomic E-state index is 0. The summed E-state index contributed by atoms with van der Waals surface area (Å²) in [7, 11) is 0. The van der Waals surface area contributed by atoms with Crippen molar-refractivity contribution in [2.75, 3.05) is 0 Å². The van der Waals surface area contributed by atoms with Crippen molar-refractivity contribution in [1.82, 2.24) is 0 Å². The number of benzene rings is 2. The maximum atomic E-state index is 2.43. The molecule has 121 valence electrons. The van der Waals surface area contributed by atoms with E-state index in [1.165, 1.54) is 22.3 Å². The predicted octanol–water partition coefficient (Wildman–Crippen LogP) is 5.80. The molecule has 0 fully saturated rings. The van der Waals surface area contributed by atoms with Crippen molar-refractivity contribution in [2.24, 2.45) is 0 Å². The van der Waals surface area contributed by atoms with Crippen LogP contribution >= 0.6 is 24.8 Å². The summed E-state index contributed by atoms with van der Waals surface area (Å²) in [4.78, 5) is 0. The molecule has 1 atom stereocenters. The van der Waals surface area contributed by atoms with Crippen LogP contribution in [0.5, 0.6) is 0 Å². The van der Waals surface area contributed by atoms with Gasteiger partial charge in [-0.25, -0.2) is 0 Å². The molecule has 3 heteroatoms. The van der Waals surface area contributed by atoms with E-state index < -0.39 is 0 Å². The van der Waals surface area contributed by atoms with Gasteiger partial charge in [0.25, 0.3) is 0 Å². The number of fused-ring (bicyclic) bond motifs is 1. The number of halogens is 2. The van der Waals surface area contributed by atoms with E-state index in [0.29, 0.717) is 0 Å². The Bertz CT molecular complexity index is 806. The van der Waals surface area contributed by atoms with Crippen LogP contribution in [-0.2, 0) is 36.6 Å². The fourth-order valence-electron chi connectivity index (χ4n) is 3.70. The predicted molar refractivity (Wildman–Crippen MR) is 103 cm³/mol. The Balaban J connectivity index is 0.00000104. The molecule has 4 rings (SSSR count). The van der Waals surface area contributed by atoms with Gasteiger partial charge in [-0.3, -0.25) is 0 Å². The Morgan fingerprint density at radius 2 is 1.58 bits per heavy atom. The van der Waals surface area contributed by atoms with Gasteiger partial charge in [0.15, 0.2) is 0 Å². The van der Waals surface area contributed by atoms with Crippen molar-refractivity contribution in [1.29, 1.82) is 0 Å². The van der Waals surface area contributed by atoms with E-state index in [1.54, 1.807) is 28.0 Å². The molecule has 2 aliphatic rings. The molecule has 2 aromatic carbocycles. The van der Waals surface area contributed by atoms with Crippen LogP contribution in [0.2, 0.25) is 0 Å². The van der Waals surface area contributed by atoms with Gasteiger partial charge < -0.3 is 0 Å². The minimum atomic E-state index is 0. The van der Waals surface area contributed by atoms with E-state index >= 15 is 0 Å². The zero-order valence-electron chi connectivity index (χ0n) is 13.2. The van der Waals surface area contributed by atoms with Crippen LogP contribution in [-0.4, -0.2) is 0 Å². The quantitative estimate of drug-likeness (QED) is 0.574. The van der Waals surface area contributed by atoms with E-state index in [0.717, 1.165) is 12.8 Å². The molecule has 0 aliphatic heterocycles. The second-order valence-electron chi connectivity index (χ2n) is 6.05. The van der Waals surface area contributed by atoms with Crippen molar-refractivity contribution in [2.45, 2.75) is 18.3 Å². The molecule has 0 N–H and O–H groups in total. The molecule has 2 aromatic rings. The number of hydrogen-bond acceptors (Lipinski definition) is 0. The van der Waals surface area contributed by atoms with Gasteiger partial charge >= 0.3 is 147 Å². The van der Waals surface area contributed by atoms with Crippen LogP contribution in [0.4, 0.5) is 0 Å². The third-order valence-corrected chi connectivity index (χ3v) is 5.89. The molecule has 0 spiro atoms. The van der Waals surface area contributed by atoms with E-state index in [1.807, 2.05) is 0 Å². The third kappa shape index (κ3) is 3.27. The van der Waals surface area contributed by atoms with Crippen LogP contribution in [0.1, 0.15) is 23.1 Å². The summed E-state index contributed by atoms with van der Waals surface area (Å²) < 4.78 is 1.59. The third-order valence-electron chi connectivity index (χ3n) is 4.73. The molecule has 0 saturated heterocycles. The van der Waals surface area contributed by atoms with Crippen molar-refractivity contribution in [3.63, 3.8) is 0 Å². The Morgan fingerprint density at radius 1 is 0.875 bits per heavy atom. The van der Waals surface area contributed by atoms with Crippen LogP contribution in [0.3, 0.4) is 0 Å². The average molecular weight is 434 g/mol. The van der Waals surface area contributed by atoms with Crippen LogP contribution in [0, 0.1) is 0 Å². The number of rotatable bonds is 3. The topological polar surface area (TPSA) is 0 Å². The summed E-state index contributed by atoms with van der Waals surface area (Å²) in [5.41, 5.74) is 5.77. The molecule has 24 heavy (non-hydrogen) atoms. The molecule has 1 unspecified atom stereocenters. The molecule has 0 bridgehead atoms. The average Bonchev–Trinajstić information content (AvgIpc) is 3.14. The molecule has 0 nitrogen and oxygen atoms in total. The summed E-state index contributed by atoms with van der Waals surface area (Å²) >= 11 is 1.54. The van der Waals surface area contributed by atoms with E-state index in [4.69, 9.17) is 0 Å². The van der Waals surface area contributed by atoms with Gasteiger partial charge in [0, 0.05) is 0 Å². The fraction of sp³-hybridized carbons (Fsp3) is 0.143. The number of allylic oxidation sites excluding steroid dienone is 5. The number of hydrogen-bond donors (Lipinski definition) is 0. The van der Waals surface area contributed by atoms with Gasteiger partial charge in [-0.1, -0.05) is 0 Å². The molecule has 0 aromatic heterocycles. The Labute approximate surface area is 171 Å². The van der Waals surface area contributed by atoms with Gasteiger partial charge in [0.2, 0.25) is 0 Å². The SMILES string of the molecule is Cl.Cl.[Zr][C]1=C(C2(Cc3ccccc3)C=Cc3ccccc32)C=CC1. The molecule has 0 radical (unpaired) electrons. The van der Waals surface area contributed by atoms with E-state index in [-0.39, 0.29) is 30.2 Å². The normalized spacial score (nSPS) is 20.5. The van der Waals surface area contributed by atoms with Crippen molar-refractivity contribution >= 4 is 30.9 Å². The van der Waals surface area contributed by atoms with Crippen LogP contribution < -0.4 is 0 Å². The molecular formula is C21H19Cl2Zr. The van der Waals surface area contributed by atoms with Gasteiger partial charge in [-0.15, -0.1) is 24.8 Å². The Morgan fingerprint density at radius 3 is 2.29 bits per heavy atom. The van der Waals surface area contributed by atoms with Gasteiger partial charge in [0.05, 0.1) is 0 Å². The summed E-state index contributed by atoms with van der Waals surface area (Å²) in [5, 5.41) is 0. The zero-order chi connectivity index (χ0) is 15.0. The summed E-state index contributed by atoms with van der Waals surface area (Å²) in [5.74, 6) is 0. The van der Waals surface area contributed by atoms with Gasteiger partial charge in [0.1, 0.15) is 0 Å². The first kappa shape index (κ1) is 19.4. The summed E-state index contributed by atoms with van der Waals surface area (Å²) in [6, 6.07) is 19.7. The van der Waals surface area contributed by atoms with Crippen LogP contribution in [0.25, 0.3) is 6.08 Å². The van der Waals surface area contributed by atoms with E-state index in [2.05, 4.69) is 78.9 Å². The second kappa shape index (κ2) is 8.00. The first-order valence-electron chi connectivity index (χ1n) is 7.74. The summed E-state index contributed by atoms with van der Waals surface area (Å²) in [6.07, 6.45) is 11.6. The molecule has 2 aliphatic carbocycles. The Kier molecular flexibility index (Phi) is 6.48.